The van der Waals surface area contributed by atoms with Crippen molar-refractivity contribution in [1.82, 2.24) is 5.01 Å². The molecule has 7 heteroatoms. The Morgan fingerprint density at radius 2 is 1.81 bits per heavy atom. The van der Waals surface area contributed by atoms with E-state index in [1.54, 1.807) is 10.5 Å². The maximum absolute atomic E-state index is 14.0. The van der Waals surface area contributed by atoms with Crippen LogP contribution >= 0.6 is 0 Å². The number of ether oxygens (including phenoxy) is 1. The van der Waals surface area contributed by atoms with Crippen LogP contribution in [0.2, 0.25) is 0 Å². The molecule has 0 N–H and O–H groups in total. The number of aryl methyl sites for hydroxylation is 1. The van der Waals surface area contributed by atoms with Gasteiger partial charge in [0.1, 0.15) is 0 Å². The molecular formula is C29H41N3O3S. The van der Waals surface area contributed by atoms with Gasteiger partial charge in [0.05, 0.1) is 17.7 Å². The van der Waals surface area contributed by atoms with Crippen LogP contribution in [0.5, 0.6) is 0 Å². The first kappa shape index (κ1) is 26.7. The number of benzene rings is 1. The van der Waals surface area contributed by atoms with Crippen LogP contribution in [0.3, 0.4) is 0 Å². The molecule has 0 spiro atoms. The van der Waals surface area contributed by atoms with E-state index in [-0.39, 0.29) is 11.8 Å². The molecule has 6 nitrogen and oxygen atoms in total. The fourth-order valence-corrected chi connectivity index (χ4v) is 7.30. The molecular weight excluding hydrogens is 470 g/mol. The van der Waals surface area contributed by atoms with Crippen molar-refractivity contribution in [3.63, 3.8) is 0 Å². The normalized spacial score (nSPS) is 24.3. The van der Waals surface area contributed by atoms with Gasteiger partial charge in [0, 0.05) is 31.5 Å². The van der Waals surface area contributed by atoms with Gasteiger partial charge in [0.25, 0.3) is 0 Å². The van der Waals surface area contributed by atoms with Gasteiger partial charge in [0.2, 0.25) is 10.0 Å². The molecule has 1 aliphatic carbocycles. The predicted molar refractivity (Wildman–Crippen MR) is 149 cm³/mol. The second-order valence-corrected chi connectivity index (χ2v) is 12.2. The van der Waals surface area contributed by atoms with Gasteiger partial charge in [-0.25, -0.2) is 8.42 Å². The molecule has 0 radical (unpaired) electrons. The second-order valence-electron chi connectivity index (χ2n) is 10.3. The fourth-order valence-electron chi connectivity index (χ4n) is 5.46. The van der Waals surface area contributed by atoms with Crippen LogP contribution in [0.4, 0.5) is 5.69 Å². The molecule has 1 unspecified atom stereocenters. The molecule has 36 heavy (non-hydrogen) atoms. The Hall–Kier alpha value is -2.38. The number of anilines is 1. The number of hydrazone groups is 1. The summed E-state index contributed by atoms with van der Waals surface area (Å²) in [6, 6.07) is 8.03. The summed E-state index contributed by atoms with van der Waals surface area (Å²) in [5, 5.41) is 6.66. The number of sulfonamides is 1. The van der Waals surface area contributed by atoms with E-state index in [1.807, 2.05) is 48.4 Å². The average Bonchev–Trinajstić information content (AvgIpc) is 3.23. The number of allylic oxidation sites excluding steroid dienone is 4. The number of hydrogen-bond donors (Lipinski definition) is 0. The first-order valence-electron chi connectivity index (χ1n) is 13.4. The van der Waals surface area contributed by atoms with E-state index in [1.165, 1.54) is 5.56 Å². The zero-order valence-corrected chi connectivity index (χ0v) is 22.7. The summed E-state index contributed by atoms with van der Waals surface area (Å²) in [7, 11) is -3.60. The summed E-state index contributed by atoms with van der Waals surface area (Å²) in [6.45, 7) is 10.6. The zero-order chi connectivity index (χ0) is 25.5. The fraction of sp³-hybridized carbons (Fsp3) is 0.552. The van der Waals surface area contributed by atoms with Gasteiger partial charge in [-0.1, -0.05) is 38.5 Å². The van der Waals surface area contributed by atoms with E-state index >= 15 is 0 Å². The number of rotatable bonds is 8. The Bertz CT molecular complexity index is 1090. The predicted octanol–water partition coefficient (Wildman–Crippen LogP) is 5.83. The lowest BCUT2D eigenvalue weighted by molar-refractivity contribution is 0.139. The first-order valence-corrected chi connectivity index (χ1v) is 15.0. The molecule has 1 saturated heterocycles. The van der Waals surface area contributed by atoms with Crippen molar-refractivity contribution in [2.45, 2.75) is 71.3 Å². The summed E-state index contributed by atoms with van der Waals surface area (Å²) in [5.74, 6) is 0.440. The molecule has 1 atom stereocenters. The summed E-state index contributed by atoms with van der Waals surface area (Å²) in [6.07, 6.45) is 13.7. The van der Waals surface area contributed by atoms with Crippen molar-refractivity contribution < 1.29 is 13.2 Å². The summed E-state index contributed by atoms with van der Waals surface area (Å²) < 4.78 is 35.2. The van der Waals surface area contributed by atoms with E-state index in [0.717, 1.165) is 88.1 Å². The smallest absolute Gasteiger partial charge is 0.239 e. The summed E-state index contributed by atoms with van der Waals surface area (Å²) in [4.78, 5) is 0. The third-order valence-corrected chi connectivity index (χ3v) is 9.25. The van der Waals surface area contributed by atoms with Crippen molar-refractivity contribution in [1.29, 1.82) is 0 Å². The molecule has 3 aliphatic rings. The molecule has 0 aromatic heterocycles. The lowest BCUT2D eigenvalue weighted by Gasteiger charge is -2.31. The Kier molecular flexibility index (Phi) is 9.07. The van der Waals surface area contributed by atoms with Crippen molar-refractivity contribution >= 4 is 21.9 Å². The zero-order valence-electron chi connectivity index (χ0n) is 21.9. The minimum absolute atomic E-state index is 0.0143. The van der Waals surface area contributed by atoms with Crippen molar-refractivity contribution in [2.75, 3.05) is 29.8 Å². The number of nitrogens with zero attached hydrogens (tertiary/aromatic N) is 3. The van der Waals surface area contributed by atoms with Gasteiger partial charge in [-0.05, 0) is 92.4 Å². The molecule has 1 aromatic rings. The minimum atomic E-state index is -3.60. The Balaban J connectivity index is 1.58. The van der Waals surface area contributed by atoms with Crippen LogP contribution in [0.15, 0.2) is 64.9 Å². The van der Waals surface area contributed by atoms with Crippen molar-refractivity contribution in [2.24, 2.45) is 11.0 Å². The van der Waals surface area contributed by atoms with Gasteiger partial charge in [-0.15, -0.1) is 0 Å². The highest BCUT2D eigenvalue weighted by Gasteiger charge is 2.33. The molecule has 2 aliphatic heterocycles. The summed E-state index contributed by atoms with van der Waals surface area (Å²) in [5.41, 5.74) is 4.37. The Morgan fingerprint density at radius 1 is 1.06 bits per heavy atom. The van der Waals surface area contributed by atoms with Gasteiger partial charge in [-0.3, -0.25) is 9.31 Å². The molecule has 196 valence electrons. The van der Waals surface area contributed by atoms with Crippen LogP contribution in [0, 0.1) is 5.92 Å². The van der Waals surface area contributed by atoms with Crippen LogP contribution in [-0.2, 0) is 21.2 Å². The van der Waals surface area contributed by atoms with Crippen LogP contribution in [0.1, 0.15) is 64.4 Å². The van der Waals surface area contributed by atoms with E-state index < -0.39 is 10.0 Å². The molecule has 1 saturated carbocycles. The third-order valence-electron chi connectivity index (χ3n) is 7.44. The third kappa shape index (κ3) is 6.88. The standard InChI is InChI=1S/C29H41N3O3S/c1-4-25-11-13-29(14-12-25)32(28-9-5-6-10-28)36(33,34)22-27-18-23(2)20-30-31(24(3)19-27)21-26-8-7-16-35-17-15-26/h11-14,18-20,26,28H,2,4-10,15-17,21-22H2,1,3H3/b24-19+,27-18?,30-20-. The lowest BCUT2D eigenvalue weighted by atomic mass is 10.0. The first-order chi connectivity index (χ1) is 17.4. The maximum atomic E-state index is 14.0. The van der Waals surface area contributed by atoms with Crippen LogP contribution in [-0.4, -0.2) is 51.2 Å². The molecule has 2 fully saturated rings. The van der Waals surface area contributed by atoms with Gasteiger partial charge < -0.3 is 4.74 Å². The second kappa shape index (κ2) is 12.2. The van der Waals surface area contributed by atoms with Gasteiger partial charge in [0.15, 0.2) is 0 Å². The maximum Gasteiger partial charge on any atom is 0.239 e. The SMILES string of the molecule is C=C1C=C(CS(=O)(=O)N(c2ccc(CC)cc2)C2CCCC2)/C=C(\C)N(CC2CCCOCC2)/N=C\1. The average molecular weight is 512 g/mol. The quantitative estimate of drug-likeness (QED) is 0.440. The van der Waals surface area contributed by atoms with E-state index in [9.17, 15) is 8.42 Å². The highest BCUT2D eigenvalue weighted by Crippen LogP contribution is 2.32. The van der Waals surface area contributed by atoms with Gasteiger partial charge in [-0.2, -0.15) is 5.10 Å². The molecule has 1 aromatic carbocycles. The molecule has 0 amide bonds. The van der Waals surface area contributed by atoms with E-state index in [4.69, 9.17) is 4.74 Å². The molecule has 0 bridgehead atoms. The number of hydrogen-bond acceptors (Lipinski definition) is 5. The Morgan fingerprint density at radius 3 is 2.53 bits per heavy atom. The van der Waals surface area contributed by atoms with Crippen molar-refractivity contribution in [3.05, 3.63) is 65.4 Å². The van der Waals surface area contributed by atoms with Crippen LogP contribution < -0.4 is 4.31 Å². The van der Waals surface area contributed by atoms with Crippen molar-refractivity contribution in [3.8, 4) is 0 Å². The highest BCUT2D eigenvalue weighted by molar-refractivity contribution is 7.93. The molecule has 2 heterocycles. The lowest BCUT2D eigenvalue weighted by Crippen LogP contribution is -2.40. The Labute approximate surface area is 217 Å². The van der Waals surface area contributed by atoms with Gasteiger partial charge >= 0.3 is 0 Å². The highest BCUT2D eigenvalue weighted by atomic mass is 32.2. The molecule has 4 rings (SSSR count). The minimum Gasteiger partial charge on any atom is -0.381 e. The van der Waals surface area contributed by atoms with E-state index in [0.29, 0.717) is 11.5 Å². The van der Waals surface area contributed by atoms with E-state index in [2.05, 4.69) is 18.6 Å². The summed E-state index contributed by atoms with van der Waals surface area (Å²) >= 11 is 0. The largest absolute Gasteiger partial charge is 0.381 e. The monoisotopic (exact) mass is 511 g/mol. The topological polar surface area (TPSA) is 62.2 Å². The van der Waals surface area contributed by atoms with Crippen LogP contribution in [0.25, 0.3) is 0 Å².